The molecule has 1 N–H and O–H groups in total. The van der Waals surface area contributed by atoms with Gasteiger partial charge in [-0.05, 0) is 38.4 Å². The average Bonchev–Trinajstić information content (AvgIpc) is 2.84. The van der Waals surface area contributed by atoms with Crippen molar-refractivity contribution >= 4 is 11.8 Å². The van der Waals surface area contributed by atoms with E-state index in [2.05, 4.69) is 25.4 Å². The van der Waals surface area contributed by atoms with Crippen LogP contribution in [0.5, 0.6) is 0 Å². The zero-order valence-electron chi connectivity index (χ0n) is 11.9. The van der Waals surface area contributed by atoms with Gasteiger partial charge in [-0.1, -0.05) is 13.8 Å². The maximum atomic E-state index is 5.99. The molecule has 3 aliphatic rings. The summed E-state index contributed by atoms with van der Waals surface area (Å²) in [5, 5.41) is 4.87. The quantitative estimate of drug-likeness (QED) is 0.851. The van der Waals surface area contributed by atoms with E-state index in [1.807, 2.05) is 11.8 Å². The molecule has 18 heavy (non-hydrogen) atoms. The molecular weight excluding hydrogens is 242 g/mol. The fourth-order valence-corrected chi connectivity index (χ4v) is 5.22. The van der Waals surface area contributed by atoms with E-state index >= 15 is 0 Å². The largest absolute Gasteiger partial charge is 0.377 e. The normalized spacial score (nSPS) is 46.5. The van der Waals surface area contributed by atoms with Gasteiger partial charge in [-0.3, -0.25) is 0 Å². The van der Waals surface area contributed by atoms with E-state index in [-0.39, 0.29) is 0 Å². The van der Waals surface area contributed by atoms with Crippen LogP contribution in [-0.4, -0.2) is 36.3 Å². The molecular formula is C15H27NOS. The summed E-state index contributed by atoms with van der Waals surface area (Å²) in [5.74, 6) is 0.780. The van der Waals surface area contributed by atoms with Crippen molar-refractivity contribution in [3.05, 3.63) is 0 Å². The van der Waals surface area contributed by atoms with Gasteiger partial charge >= 0.3 is 0 Å². The molecule has 0 radical (unpaired) electrons. The molecule has 0 aromatic carbocycles. The fraction of sp³-hybridized carbons (Fsp3) is 1.00. The summed E-state index contributed by atoms with van der Waals surface area (Å²) in [5.41, 5.74) is 0.336. The summed E-state index contributed by atoms with van der Waals surface area (Å²) < 4.78 is 5.99. The van der Waals surface area contributed by atoms with Gasteiger partial charge in [-0.2, -0.15) is 11.8 Å². The molecule has 0 bridgehead atoms. The van der Waals surface area contributed by atoms with Gasteiger partial charge in [-0.25, -0.2) is 0 Å². The van der Waals surface area contributed by atoms with Gasteiger partial charge in [0.1, 0.15) is 0 Å². The minimum Gasteiger partial charge on any atom is -0.377 e. The van der Waals surface area contributed by atoms with Crippen molar-refractivity contribution in [3.63, 3.8) is 0 Å². The Morgan fingerprint density at radius 3 is 2.78 bits per heavy atom. The molecule has 1 aliphatic heterocycles. The second-order valence-corrected chi connectivity index (χ2v) is 8.07. The number of hydrogen-bond donors (Lipinski definition) is 1. The second-order valence-electron chi connectivity index (χ2n) is 6.93. The number of ether oxygens (including phenoxy) is 1. The molecule has 2 aliphatic carbocycles. The van der Waals surface area contributed by atoms with Crippen molar-refractivity contribution in [3.8, 4) is 0 Å². The predicted molar refractivity (Wildman–Crippen MR) is 78.1 cm³/mol. The Hall–Kier alpha value is 0.270. The van der Waals surface area contributed by atoms with Crippen LogP contribution in [0.15, 0.2) is 0 Å². The van der Waals surface area contributed by atoms with Crippen LogP contribution in [0.3, 0.4) is 0 Å². The minimum atomic E-state index is 0.336. The molecule has 1 saturated heterocycles. The third-order valence-electron chi connectivity index (χ3n) is 5.46. The van der Waals surface area contributed by atoms with E-state index in [4.69, 9.17) is 4.74 Å². The van der Waals surface area contributed by atoms with Crippen molar-refractivity contribution in [1.29, 1.82) is 0 Å². The van der Waals surface area contributed by atoms with Gasteiger partial charge in [0.05, 0.1) is 6.10 Å². The highest BCUT2D eigenvalue weighted by atomic mass is 32.2. The Labute approximate surface area is 116 Å². The standard InChI is InChI=1S/C15H27NOS/c1-15(2)13(12-5-4-8-17-14(12)15)16-10-6-7-11(9-10)18-3/h10-14,16H,4-9H2,1-3H3/t10-,11+,12+,13+,14+/m0/s1. The van der Waals surface area contributed by atoms with Gasteiger partial charge in [0.2, 0.25) is 0 Å². The van der Waals surface area contributed by atoms with Crippen molar-refractivity contribution in [1.82, 2.24) is 5.32 Å². The van der Waals surface area contributed by atoms with E-state index in [9.17, 15) is 0 Å². The van der Waals surface area contributed by atoms with Crippen molar-refractivity contribution < 1.29 is 4.74 Å². The maximum absolute atomic E-state index is 5.99. The van der Waals surface area contributed by atoms with E-state index < -0.39 is 0 Å². The SMILES string of the molecule is CS[C@@H]1CC[C@H](N[C@@H]2[C@H]3CCCO[C@H]3C2(C)C)C1. The molecule has 3 rings (SSSR count). The summed E-state index contributed by atoms with van der Waals surface area (Å²) in [6, 6.07) is 1.45. The molecule has 0 unspecified atom stereocenters. The monoisotopic (exact) mass is 269 g/mol. The Kier molecular flexibility index (Phi) is 3.68. The summed E-state index contributed by atoms with van der Waals surface area (Å²) in [6.07, 6.45) is 9.53. The first-order valence-corrected chi connectivity index (χ1v) is 8.82. The molecule has 5 atom stereocenters. The van der Waals surface area contributed by atoms with Crippen LogP contribution in [0.2, 0.25) is 0 Å². The second kappa shape index (κ2) is 4.99. The number of rotatable bonds is 3. The Bertz CT molecular complexity index is 307. The molecule has 0 amide bonds. The third-order valence-corrected chi connectivity index (χ3v) is 6.56. The van der Waals surface area contributed by atoms with E-state index in [1.165, 1.54) is 32.1 Å². The highest BCUT2D eigenvalue weighted by Crippen LogP contribution is 2.51. The van der Waals surface area contributed by atoms with E-state index in [0.29, 0.717) is 17.6 Å². The van der Waals surface area contributed by atoms with Crippen molar-refractivity contribution in [2.45, 2.75) is 69.4 Å². The van der Waals surface area contributed by atoms with Crippen LogP contribution in [0.25, 0.3) is 0 Å². The van der Waals surface area contributed by atoms with Crippen molar-refractivity contribution in [2.24, 2.45) is 11.3 Å². The van der Waals surface area contributed by atoms with Gasteiger partial charge in [0.15, 0.2) is 0 Å². The lowest BCUT2D eigenvalue weighted by Crippen LogP contribution is -2.70. The first kappa shape index (κ1) is 13.3. The maximum Gasteiger partial charge on any atom is 0.0684 e. The smallest absolute Gasteiger partial charge is 0.0684 e. The summed E-state index contributed by atoms with van der Waals surface area (Å²) in [6.45, 7) is 5.76. The fourth-order valence-electron chi connectivity index (χ4n) is 4.42. The summed E-state index contributed by atoms with van der Waals surface area (Å²) >= 11 is 2.05. The molecule has 3 heteroatoms. The van der Waals surface area contributed by atoms with Crippen LogP contribution in [0, 0.1) is 11.3 Å². The van der Waals surface area contributed by atoms with Gasteiger partial charge < -0.3 is 10.1 Å². The molecule has 0 aromatic rings. The molecule has 3 fully saturated rings. The number of fused-ring (bicyclic) bond motifs is 1. The summed E-state index contributed by atoms with van der Waals surface area (Å²) in [7, 11) is 0. The zero-order chi connectivity index (χ0) is 12.8. The first-order valence-electron chi connectivity index (χ1n) is 7.53. The third kappa shape index (κ3) is 2.12. The highest BCUT2D eigenvalue weighted by Gasteiger charge is 2.58. The van der Waals surface area contributed by atoms with Gasteiger partial charge in [0.25, 0.3) is 0 Å². The van der Waals surface area contributed by atoms with E-state index in [1.54, 1.807) is 0 Å². The molecule has 0 spiro atoms. The predicted octanol–water partition coefficient (Wildman–Crippen LogP) is 3.06. The van der Waals surface area contributed by atoms with Crippen LogP contribution in [-0.2, 0) is 4.74 Å². The lowest BCUT2D eigenvalue weighted by molar-refractivity contribution is -0.194. The average molecular weight is 269 g/mol. The van der Waals surface area contributed by atoms with Gasteiger partial charge in [0, 0.05) is 35.3 Å². The molecule has 0 aromatic heterocycles. The summed E-state index contributed by atoms with van der Waals surface area (Å²) in [4.78, 5) is 0. The first-order chi connectivity index (χ1) is 8.63. The zero-order valence-corrected chi connectivity index (χ0v) is 12.8. The highest BCUT2D eigenvalue weighted by molar-refractivity contribution is 7.99. The van der Waals surface area contributed by atoms with Crippen LogP contribution >= 0.6 is 11.8 Å². The number of hydrogen-bond acceptors (Lipinski definition) is 3. The number of nitrogens with one attached hydrogen (secondary N) is 1. The van der Waals surface area contributed by atoms with E-state index in [0.717, 1.165) is 23.8 Å². The van der Waals surface area contributed by atoms with Crippen LogP contribution in [0.1, 0.15) is 46.0 Å². The minimum absolute atomic E-state index is 0.336. The lowest BCUT2D eigenvalue weighted by atomic mass is 9.55. The molecule has 2 nitrogen and oxygen atoms in total. The molecule has 1 heterocycles. The van der Waals surface area contributed by atoms with Gasteiger partial charge in [-0.15, -0.1) is 0 Å². The number of thioether (sulfide) groups is 1. The van der Waals surface area contributed by atoms with Crippen LogP contribution < -0.4 is 5.32 Å². The topological polar surface area (TPSA) is 21.3 Å². The Morgan fingerprint density at radius 2 is 2.06 bits per heavy atom. The van der Waals surface area contributed by atoms with Crippen LogP contribution in [0.4, 0.5) is 0 Å². The van der Waals surface area contributed by atoms with Crippen molar-refractivity contribution in [2.75, 3.05) is 12.9 Å². The molecule has 104 valence electrons. The Morgan fingerprint density at radius 1 is 1.22 bits per heavy atom. The lowest BCUT2D eigenvalue weighted by Gasteiger charge is -2.60. The molecule has 2 saturated carbocycles. The Balaban J connectivity index is 1.59.